The van der Waals surface area contributed by atoms with Crippen LogP contribution < -0.4 is 0 Å². The first-order valence-corrected chi connectivity index (χ1v) is 8.01. The molecule has 0 heterocycles. The van der Waals surface area contributed by atoms with Crippen molar-refractivity contribution in [1.82, 2.24) is 0 Å². The van der Waals surface area contributed by atoms with E-state index in [4.69, 9.17) is 11.6 Å². The molecule has 0 spiro atoms. The second-order valence-electron chi connectivity index (χ2n) is 4.83. The van der Waals surface area contributed by atoms with Crippen LogP contribution in [0.25, 0.3) is 5.57 Å². The van der Waals surface area contributed by atoms with Crippen LogP contribution in [0, 0.1) is 6.92 Å². The van der Waals surface area contributed by atoms with Crippen molar-refractivity contribution in [2.75, 3.05) is 6.26 Å². The summed E-state index contributed by atoms with van der Waals surface area (Å²) in [7, 11) is -3.43. The first-order chi connectivity index (χ1) is 8.55. The summed E-state index contributed by atoms with van der Waals surface area (Å²) in [5, 5.41) is -0.649. The fourth-order valence-corrected chi connectivity index (χ4v) is 2.92. The molecule has 0 aromatic heterocycles. The molecular formula is C14H17ClO3S. The highest BCUT2D eigenvalue weighted by atomic mass is 35.5. The van der Waals surface area contributed by atoms with Gasteiger partial charge in [0, 0.05) is 11.8 Å². The van der Waals surface area contributed by atoms with Gasteiger partial charge in [-0.25, -0.2) is 8.42 Å². The lowest BCUT2D eigenvalue weighted by molar-refractivity contribution is 0.108. The van der Waals surface area contributed by atoms with Crippen molar-refractivity contribution in [1.29, 1.82) is 0 Å². The minimum atomic E-state index is -3.43. The first-order valence-electron chi connectivity index (χ1n) is 5.74. The van der Waals surface area contributed by atoms with Crippen molar-refractivity contribution in [3.05, 3.63) is 34.4 Å². The summed E-state index contributed by atoms with van der Waals surface area (Å²) < 4.78 is 23.8. The van der Waals surface area contributed by atoms with Crippen LogP contribution in [0.15, 0.2) is 22.6 Å². The number of benzene rings is 1. The predicted octanol–water partition coefficient (Wildman–Crippen LogP) is 3.59. The second kappa shape index (κ2) is 5.47. The fraction of sp³-hybridized carbons (Fsp3) is 0.357. The summed E-state index contributed by atoms with van der Waals surface area (Å²) in [6.45, 7) is 7.43. The molecule has 0 saturated heterocycles. The number of sulfone groups is 1. The minimum absolute atomic E-state index is 0.140. The second-order valence-corrected chi connectivity index (χ2v) is 7.16. The molecule has 0 radical (unpaired) electrons. The molecule has 0 atom stereocenters. The van der Waals surface area contributed by atoms with E-state index in [1.807, 2.05) is 20.8 Å². The Morgan fingerprint density at radius 3 is 2.00 bits per heavy atom. The first kappa shape index (κ1) is 15.9. The number of allylic oxidation sites excluding steroid dienone is 2. The van der Waals surface area contributed by atoms with E-state index >= 15 is 0 Å². The molecule has 3 nitrogen and oxygen atoms in total. The number of hydrogen-bond donors (Lipinski definition) is 0. The minimum Gasteiger partial charge on any atom is -0.276 e. The topological polar surface area (TPSA) is 51.2 Å². The molecule has 5 heteroatoms. The zero-order valence-corrected chi connectivity index (χ0v) is 13.2. The van der Waals surface area contributed by atoms with Crippen LogP contribution in [-0.2, 0) is 9.84 Å². The normalized spacial score (nSPS) is 11.3. The number of aryl methyl sites for hydroxylation is 1. The van der Waals surface area contributed by atoms with Gasteiger partial charge in [-0.2, -0.15) is 0 Å². The number of carbonyl (C=O) groups is 1. The summed E-state index contributed by atoms with van der Waals surface area (Å²) in [6, 6.07) is 3.07. The van der Waals surface area contributed by atoms with Gasteiger partial charge in [-0.1, -0.05) is 5.57 Å². The molecule has 0 N–H and O–H groups in total. The Balaban J connectivity index is 3.80. The van der Waals surface area contributed by atoms with E-state index in [1.165, 1.54) is 6.07 Å². The summed E-state index contributed by atoms with van der Waals surface area (Å²) in [5.74, 6) is 0. The Hall–Kier alpha value is -1.13. The molecular weight excluding hydrogens is 284 g/mol. The summed E-state index contributed by atoms with van der Waals surface area (Å²) in [6.07, 6.45) is 1.13. The van der Waals surface area contributed by atoms with Gasteiger partial charge in [0.1, 0.15) is 0 Å². The molecule has 1 aromatic rings. The Kier molecular flexibility index (Phi) is 4.59. The van der Waals surface area contributed by atoms with Crippen LogP contribution in [0.3, 0.4) is 0 Å². The summed E-state index contributed by atoms with van der Waals surface area (Å²) >= 11 is 5.48. The largest absolute Gasteiger partial charge is 0.276 e. The maximum absolute atomic E-state index is 11.9. The molecule has 0 fully saturated rings. The maximum atomic E-state index is 11.9. The van der Waals surface area contributed by atoms with E-state index in [0.717, 1.165) is 17.4 Å². The number of halogens is 1. The zero-order chi connectivity index (χ0) is 15.0. The fourth-order valence-electron chi connectivity index (χ4n) is 1.77. The van der Waals surface area contributed by atoms with Crippen LogP contribution >= 0.6 is 11.6 Å². The van der Waals surface area contributed by atoms with Gasteiger partial charge >= 0.3 is 0 Å². The van der Waals surface area contributed by atoms with E-state index in [2.05, 4.69) is 0 Å². The van der Waals surface area contributed by atoms with Crippen LogP contribution in [0.5, 0.6) is 0 Å². The predicted molar refractivity (Wildman–Crippen MR) is 78.4 cm³/mol. The molecule has 0 aliphatic heterocycles. The van der Waals surface area contributed by atoms with Crippen molar-refractivity contribution in [3.8, 4) is 0 Å². The van der Waals surface area contributed by atoms with E-state index in [1.54, 1.807) is 13.0 Å². The van der Waals surface area contributed by atoms with E-state index in [-0.39, 0.29) is 10.5 Å². The number of rotatable bonds is 3. The molecule has 0 aliphatic rings. The molecule has 0 saturated carbocycles. The van der Waals surface area contributed by atoms with Crippen LogP contribution in [0.1, 0.15) is 42.3 Å². The Bertz CT molecular complexity index is 666. The summed E-state index contributed by atoms with van der Waals surface area (Å²) in [4.78, 5) is 11.5. The molecule has 0 aliphatic carbocycles. The van der Waals surface area contributed by atoms with Gasteiger partial charge in [-0.15, -0.1) is 0 Å². The molecule has 0 unspecified atom stereocenters. The Morgan fingerprint density at radius 1 is 1.11 bits per heavy atom. The van der Waals surface area contributed by atoms with Gasteiger partial charge in [0.2, 0.25) is 0 Å². The van der Waals surface area contributed by atoms with Crippen LogP contribution in [-0.4, -0.2) is 19.9 Å². The average Bonchev–Trinajstić information content (AvgIpc) is 2.25. The third-order valence-electron chi connectivity index (χ3n) is 3.09. The van der Waals surface area contributed by atoms with E-state index in [0.29, 0.717) is 11.1 Å². The van der Waals surface area contributed by atoms with Crippen LogP contribution in [0.2, 0.25) is 0 Å². The quantitative estimate of drug-likeness (QED) is 0.802. The molecule has 104 valence electrons. The number of hydrogen-bond acceptors (Lipinski definition) is 3. The Labute approximate surface area is 119 Å². The third kappa shape index (κ3) is 3.45. The van der Waals surface area contributed by atoms with E-state index in [9.17, 15) is 13.2 Å². The van der Waals surface area contributed by atoms with Crippen molar-refractivity contribution >= 4 is 32.3 Å². The van der Waals surface area contributed by atoms with Gasteiger partial charge in [-0.3, -0.25) is 4.79 Å². The van der Waals surface area contributed by atoms with E-state index < -0.39 is 15.1 Å². The van der Waals surface area contributed by atoms with Gasteiger partial charge in [0.05, 0.1) is 4.90 Å². The molecule has 1 aromatic carbocycles. The van der Waals surface area contributed by atoms with Crippen molar-refractivity contribution in [2.45, 2.75) is 32.6 Å². The highest BCUT2D eigenvalue weighted by Gasteiger charge is 2.19. The highest BCUT2D eigenvalue weighted by Crippen LogP contribution is 2.29. The molecule has 19 heavy (non-hydrogen) atoms. The number of carbonyl (C=O) groups excluding carboxylic acids is 1. The smallest absolute Gasteiger partial charge is 0.252 e. The van der Waals surface area contributed by atoms with Crippen molar-refractivity contribution < 1.29 is 13.2 Å². The maximum Gasteiger partial charge on any atom is 0.252 e. The van der Waals surface area contributed by atoms with Gasteiger partial charge in [0.15, 0.2) is 9.84 Å². The van der Waals surface area contributed by atoms with Gasteiger partial charge < -0.3 is 0 Å². The SMILES string of the molecule is CC(C)=C(C)c1cc(C)c(C(=O)Cl)cc1S(C)(=O)=O. The lowest BCUT2D eigenvalue weighted by Gasteiger charge is -2.13. The average molecular weight is 301 g/mol. The lowest BCUT2D eigenvalue weighted by atomic mass is 9.98. The lowest BCUT2D eigenvalue weighted by Crippen LogP contribution is -2.06. The highest BCUT2D eigenvalue weighted by molar-refractivity contribution is 7.90. The standard InChI is InChI=1S/C14H17ClO3S/c1-8(2)10(4)12-6-9(3)11(14(15)16)7-13(12)19(5,17)18/h6-7H,1-5H3. The van der Waals surface area contributed by atoms with Crippen molar-refractivity contribution in [2.24, 2.45) is 0 Å². The Morgan fingerprint density at radius 2 is 1.63 bits per heavy atom. The van der Waals surface area contributed by atoms with Gasteiger partial charge in [-0.05, 0) is 68.1 Å². The third-order valence-corrected chi connectivity index (χ3v) is 4.43. The van der Waals surface area contributed by atoms with Crippen LogP contribution in [0.4, 0.5) is 0 Å². The molecule has 1 rings (SSSR count). The monoisotopic (exact) mass is 300 g/mol. The summed E-state index contributed by atoms with van der Waals surface area (Å²) in [5.41, 5.74) is 3.43. The molecule has 0 bridgehead atoms. The zero-order valence-electron chi connectivity index (χ0n) is 11.7. The van der Waals surface area contributed by atoms with Gasteiger partial charge in [0.25, 0.3) is 5.24 Å². The van der Waals surface area contributed by atoms with Crippen molar-refractivity contribution in [3.63, 3.8) is 0 Å². The molecule has 0 amide bonds.